The first-order valence-corrected chi connectivity index (χ1v) is 20.6. The standard InChI is InChI=1S/2C20H16N4O7S.Cr/c2*1-11-10-12(32(29,30)31)6-7-14(11)21-24-18-17(25)9-8-16(19(18)26)23-22-15-5-3-2-4-13(15)20(27)28;/h2*2-10,25-26H,1H3,(H,27,28)(H,29,30,31);. The number of aryl methyl sites for hydroxylation is 2. The fraction of sp³-hybridized carbons (Fsp3) is 0.0500. The van der Waals surface area contributed by atoms with Crippen molar-refractivity contribution in [3.05, 3.63) is 131 Å². The first-order chi connectivity index (χ1) is 30.1. The molecule has 0 atom stereocenters. The summed E-state index contributed by atoms with van der Waals surface area (Å²) in [5, 5.41) is 90.1. The van der Waals surface area contributed by atoms with Crippen LogP contribution in [0.5, 0.6) is 23.0 Å². The van der Waals surface area contributed by atoms with E-state index in [9.17, 15) is 57.1 Å². The van der Waals surface area contributed by atoms with E-state index in [0.29, 0.717) is 11.1 Å². The van der Waals surface area contributed by atoms with Gasteiger partial charge in [-0.05, 0) is 110 Å². The predicted molar refractivity (Wildman–Crippen MR) is 225 cm³/mol. The number of hydrogen-bond donors (Lipinski definition) is 8. The molecule has 6 aromatic rings. The van der Waals surface area contributed by atoms with Crippen LogP contribution >= 0.6 is 0 Å². The van der Waals surface area contributed by atoms with Crippen molar-refractivity contribution >= 4 is 77.7 Å². The van der Waals surface area contributed by atoms with Gasteiger partial charge in [0, 0.05) is 17.4 Å². The second-order valence-electron chi connectivity index (χ2n) is 12.9. The molecule has 0 bridgehead atoms. The van der Waals surface area contributed by atoms with Crippen molar-refractivity contribution in [3.63, 3.8) is 0 Å². The van der Waals surface area contributed by atoms with E-state index in [0.717, 1.165) is 12.1 Å². The van der Waals surface area contributed by atoms with Gasteiger partial charge in [0.05, 0.1) is 32.3 Å². The van der Waals surface area contributed by atoms with Gasteiger partial charge in [-0.15, -0.1) is 30.7 Å². The summed E-state index contributed by atoms with van der Waals surface area (Å²) in [5.74, 6) is -4.33. The maximum absolute atomic E-state index is 11.3. The molecule has 0 spiro atoms. The Morgan fingerprint density at radius 2 is 0.738 bits per heavy atom. The summed E-state index contributed by atoms with van der Waals surface area (Å²) in [6.45, 7) is 3.07. The maximum atomic E-state index is 11.3. The molecule has 0 aliphatic heterocycles. The Bertz CT molecular complexity index is 2950. The van der Waals surface area contributed by atoms with Gasteiger partial charge in [0.25, 0.3) is 20.2 Å². The molecule has 65 heavy (non-hydrogen) atoms. The maximum Gasteiger partial charge on any atom is 0.337 e. The fourth-order valence-corrected chi connectivity index (χ4v) is 6.31. The van der Waals surface area contributed by atoms with Gasteiger partial charge in [-0.25, -0.2) is 9.59 Å². The van der Waals surface area contributed by atoms with Crippen molar-refractivity contribution in [1.29, 1.82) is 0 Å². The third-order valence-electron chi connectivity index (χ3n) is 8.46. The Morgan fingerprint density at radius 1 is 0.431 bits per heavy atom. The molecule has 0 aromatic heterocycles. The number of nitrogens with zero attached hydrogens (tertiary/aromatic N) is 8. The van der Waals surface area contributed by atoms with Gasteiger partial charge < -0.3 is 30.6 Å². The molecule has 0 saturated carbocycles. The Hall–Kier alpha value is -7.79. The average molecular weight is 965 g/mol. The van der Waals surface area contributed by atoms with E-state index in [2.05, 4.69) is 40.9 Å². The van der Waals surface area contributed by atoms with Gasteiger partial charge in [-0.3, -0.25) is 9.11 Å². The third kappa shape index (κ3) is 12.7. The van der Waals surface area contributed by atoms with Crippen LogP contribution in [-0.2, 0) is 37.6 Å². The normalized spacial score (nSPS) is 11.8. The molecule has 0 aliphatic carbocycles. The Morgan fingerprint density at radius 3 is 1.06 bits per heavy atom. The van der Waals surface area contributed by atoms with Crippen LogP contribution in [-0.4, -0.2) is 68.5 Å². The molecule has 0 heterocycles. The van der Waals surface area contributed by atoms with E-state index in [-0.39, 0.29) is 83.8 Å². The molecular weight excluding hydrogens is 933 g/mol. The van der Waals surface area contributed by atoms with E-state index in [1.807, 2.05) is 0 Å². The molecule has 0 saturated heterocycles. The number of hydrogen-bond acceptors (Lipinski definition) is 18. The van der Waals surface area contributed by atoms with Gasteiger partial charge in [0.1, 0.15) is 34.2 Å². The Kier molecular flexibility index (Phi) is 16.2. The van der Waals surface area contributed by atoms with Crippen molar-refractivity contribution in [1.82, 2.24) is 0 Å². The van der Waals surface area contributed by atoms with Crippen LogP contribution in [0.15, 0.2) is 160 Å². The predicted octanol–water partition coefficient (Wildman–Crippen LogP) is 10.4. The number of carboxylic acid groups (broad SMARTS) is 2. The van der Waals surface area contributed by atoms with Gasteiger partial charge >= 0.3 is 11.9 Å². The van der Waals surface area contributed by atoms with Gasteiger partial charge in [0.2, 0.25) is 0 Å². The minimum Gasteiger partial charge on any atom is -0.505 e. The number of phenols is 4. The Labute approximate surface area is 378 Å². The van der Waals surface area contributed by atoms with E-state index in [1.54, 1.807) is 12.1 Å². The largest absolute Gasteiger partial charge is 0.505 e. The van der Waals surface area contributed by atoms with Crippen LogP contribution in [0.4, 0.5) is 45.5 Å². The van der Waals surface area contributed by atoms with Gasteiger partial charge in [0.15, 0.2) is 22.9 Å². The number of azo groups is 4. The number of aromatic hydroxyl groups is 4. The molecule has 0 fully saturated rings. The topological polar surface area (TPSA) is 363 Å². The molecule has 6 aromatic carbocycles. The first-order valence-electron chi connectivity index (χ1n) is 17.7. The van der Waals surface area contributed by atoms with E-state index < -0.39 is 55.2 Å². The van der Waals surface area contributed by atoms with E-state index in [1.165, 1.54) is 98.8 Å². The third-order valence-corrected chi connectivity index (χ3v) is 10.2. The summed E-state index contributed by atoms with van der Waals surface area (Å²) in [6.07, 6.45) is 0. The van der Waals surface area contributed by atoms with Crippen LogP contribution < -0.4 is 0 Å². The summed E-state index contributed by atoms with van der Waals surface area (Å²) in [5.41, 5.74) is 0.264. The van der Waals surface area contributed by atoms with Crippen molar-refractivity contribution in [3.8, 4) is 23.0 Å². The van der Waals surface area contributed by atoms with Crippen LogP contribution in [0.1, 0.15) is 31.8 Å². The molecule has 22 nitrogen and oxygen atoms in total. The summed E-state index contributed by atoms with van der Waals surface area (Å²) in [6, 6.07) is 23.9. The SMILES string of the molecule is Cc1cc(S(=O)(=O)O)ccc1N=Nc1c(O)ccc(N=Nc2ccccc2C(=O)O)c1O.Cc1cc(S(=O)(=O)O)ccc1N=Nc1c(O)ccc(N=Nc2ccccc2C(=O)O)c1O.[Cr]. The van der Waals surface area contributed by atoms with Crippen molar-refractivity contribution in [2.24, 2.45) is 40.9 Å². The monoisotopic (exact) mass is 964 g/mol. The summed E-state index contributed by atoms with van der Waals surface area (Å²) in [4.78, 5) is 21.9. The number of phenolic OH excluding ortho intramolecular Hbond substituents is 4. The minimum absolute atomic E-state index is 0. The number of aromatic carboxylic acids is 2. The van der Waals surface area contributed by atoms with Gasteiger partial charge in [-0.1, -0.05) is 24.3 Å². The number of carbonyl (C=O) groups is 2. The molecule has 334 valence electrons. The summed E-state index contributed by atoms with van der Waals surface area (Å²) in [7, 11) is -8.76. The smallest absolute Gasteiger partial charge is 0.337 e. The molecule has 25 heteroatoms. The Balaban J connectivity index is 0.000000280. The fourth-order valence-electron chi connectivity index (χ4n) is 5.18. The molecule has 0 aliphatic rings. The van der Waals surface area contributed by atoms with Gasteiger partial charge in [-0.2, -0.15) is 27.1 Å². The quantitative estimate of drug-likeness (QED) is 0.0418. The zero-order valence-corrected chi connectivity index (χ0v) is 36.1. The van der Waals surface area contributed by atoms with Crippen molar-refractivity contribution in [2.75, 3.05) is 0 Å². The molecule has 8 N–H and O–H groups in total. The zero-order chi connectivity index (χ0) is 46.9. The van der Waals surface area contributed by atoms with Crippen LogP contribution in [0.2, 0.25) is 0 Å². The molecule has 0 unspecified atom stereocenters. The van der Waals surface area contributed by atoms with Crippen LogP contribution in [0.25, 0.3) is 0 Å². The second-order valence-corrected chi connectivity index (χ2v) is 15.7. The summed E-state index contributed by atoms with van der Waals surface area (Å²) >= 11 is 0. The number of benzene rings is 6. The van der Waals surface area contributed by atoms with E-state index >= 15 is 0 Å². The molecular formula is C40H32CrN8O14S2. The number of rotatable bonds is 12. The molecule has 0 amide bonds. The first kappa shape index (κ1) is 49.9. The summed E-state index contributed by atoms with van der Waals surface area (Å²) < 4.78 is 63.0. The average Bonchev–Trinajstić information content (AvgIpc) is 3.23. The van der Waals surface area contributed by atoms with Crippen molar-refractivity contribution in [2.45, 2.75) is 23.6 Å². The zero-order valence-electron chi connectivity index (χ0n) is 33.2. The number of carboxylic acids is 2. The van der Waals surface area contributed by atoms with Crippen LogP contribution in [0.3, 0.4) is 0 Å². The second kappa shape index (κ2) is 21.1. The van der Waals surface area contributed by atoms with Crippen molar-refractivity contribution < 1.29 is 83.5 Å². The minimum atomic E-state index is -4.38. The van der Waals surface area contributed by atoms with E-state index in [4.69, 9.17) is 9.11 Å². The molecule has 6 rings (SSSR count). The molecule has 0 radical (unpaired) electrons. The van der Waals surface area contributed by atoms with Crippen LogP contribution in [0, 0.1) is 13.8 Å².